The van der Waals surface area contributed by atoms with Crippen LogP contribution in [0.25, 0.3) is 0 Å². The Morgan fingerprint density at radius 3 is 2.62 bits per heavy atom. The molecule has 3 rings (SSSR count). The standard InChI is InChI=1S/C19H26N2O3/c22-16-8-4-11-19(16)12-5-13-21(14-19)18(24)10-9-17(23)20-15-6-2-1-3-7-15/h1-3,6-7,16,22H,4-5,8-14H2,(H,20,23)/t16-,19+/m1/s1. The highest BCUT2D eigenvalue weighted by Gasteiger charge is 2.45. The molecule has 1 heterocycles. The zero-order valence-corrected chi connectivity index (χ0v) is 14.0. The number of aliphatic hydroxyl groups excluding tert-OH is 1. The van der Waals surface area contributed by atoms with E-state index in [0.29, 0.717) is 6.54 Å². The van der Waals surface area contributed by atoms with Crippen LogP contribution in [-0.4, -0.2) is 41.0 Å². The molecule has 5 heteroatoms. The topological polar surface area (TPSA) is 69.6 Å². The van der Waals surface area contributed by atoms with Crippen LogP contribution in [0.1, 0.15) is 44.9 Å². The van der Waals surface area contributed by atoms with Gasteiger partial charge in [-0.15, -0.1) is 0 Å². The highest BCUT2D eigenvalue weighted by atomic mass is 16.3. The molecule has 1 spiro atoms. The molecule has 1 aromatic rings. The summed E-state index contributed by atoms with van der Waals surface area (Å²) < 4.78 is 0. The summed E-state index contributed by atoms with van der Waals surface area (Å²) in [4.78, 5) is 26.3. The summed E-state index contributed by atoms with van der Waals surface area (Å²) in [5.41, 5.74) is 0.654. The largest absolute Gasteiger partial charge is 0.392 e. The summed E-state index contributed by atoms with van der Waals surface area (Å²) in [5, 5.41) is 13.1. The molecule has 2 atom stereocenters. The summed E-state index contributed by atoms with van der Waals surface area (Å²) in [5.74, 6) is -0.112. The Morgan fingerprint density at radius 1 is 1.17 bits per heavy atom. The number of aliphatic hydroxyl groups is 1. The first-order valence-corrected chi connectivity index (χ1v) is 8.90. The number of hydrogen-bond acceptors (Lipinski definition) is 3. The molecular weight excluding hydrogens is 304 g/mol. The van der Waals surface area contributed by atoms with E-state index < -0.39 is 0 Å². The van der Waals surface area contributed by atoms with E-state index in [9.17, 15) is 14.7 Å². The molecule has 2 amide bonds. The number of nitrogens with zero attached hydrogens (tertiary/aromatic N) is 1. The molecule has 1 aliphatic heterocycles. The van der Waals surface area contributed by atoms with Gasteiger partial charge in [0.2, 0.25) is 11.8 Å². The molecule has 5 nitrogen and oxygen atoms in total. The lowest BCUT2D eigenvalue weighted by Gasteiger charge is -2.42. The number of anilines is 1. The Labute approximate surface area is 143 Å². The van der Waals surface area contributed by atoms with Crippen LogP contribution in [0, 0.1) is 5.41 Å². The van der Waals surface area contributed by atoms with Gasteiger partial charge in [0.1, 0.15) is 0 Å². The molecule has 0 bridgehead atoms. The first-order valence-electron chi connectivity index (χ1n) is 8.90. The third-order valence-corrected chi connectivity index (χ3v) is 5.44. The lowest BCUT2D eigenvalue weighted by molar-refractivity contribution is -0.137. The number of benzene rings is 1. The maximum absolute atomic E-state index is 12.5. The molecule has 0 unspecified atom stereocenters. The number of hydrogen-bond donors (Lipinski definition) is 2. The number of carbonyl (C=O) groups excluding carboxylic acids is 2. The molecule has 1 saturated heterocycles. The Morgan fingerprint density at radius 2 is 1.92 bits per heavy atom. The van der Waals surface area contributed by atoms with E-state index in [2.05, 4.69) is 5.32 Å². The number of amides is 2. The number of rotatable bonds is 4. The maximum Gasteiger partial charge on any atom is 0.224 e. The van der Waals surface area contributed by atoms with Gasteiger partial charge in [-0.05, 0) is 37.8 Å². The highest BCUT2D eigenvalue weighted by Crippen LogP contribution is 2.45. The molecule has 130 valence electrons. The third kappa shape index (κ3) is 3.78. The Hall–Kier alpha value is -1.88. The van der Waals surface area contributed by atoms with Gasteiger partial charge in [0, 0.05) is 37.0 Å². The molecular formula is C19H26N2O3. The highest BCUT2D eigenvalue weighted by molar-refractivity contribution is 5.93. The molecule has 0 radical (unpaired) electrons. The van der Waals surface area contributed by atoms with E-state index in [1.807, 2.05) is 35.2 Å². The third-order valence-electron chi connectivity index (χ3n) is 5.44. The molecule has 2 fully saturated rings. The van der Waals surface area contributed by atoms with Crippen LogP contribution < -0.4 is 5.32 Å². The van der Waals surface area contributed by atoms with Crippen molar-refractivity contribution in [1.29, 1.82) is 0 Å². The molecule has 24 heavy (non-hydrogen) atoms. The van der Waals surface area contributed by atoms with Crippen molar-refractivity contribution in [2.45, 2.75) is 51.0 Å². The van der Waals surface area contributed by atoms with Gasteiger partial charge in [0.15, 0.2) is 0 Å². The lowest BCUT2D eigenvalue weighted by atomic mass is 9.76. The SMILES string of the molecule is O=C(CCC(=O)N1CCC[C@@]2(CCC[C@H]2O)C1)Nc1ccccc1. The number of nitrogens with one attached hydrogen (secondary N) is 1. The van der Waals surface area contributed by atoms with Gasteiger partial charge >= 0.3 is 0 Å². The second kappa shape index (κ2) is 7.34. The van der Waals surface area contributed by atoms with Crippen molar-refractivity contribution in [2.75, 3.05) is 18.4 Å². The van der Waals surface area contributed by atoms with E-state index in [1.165, 1.54) is 0 Å². The van der Waals surface area contributed by atoms with Gasteiger partial charge in [-0.3, -0.25) is 9.59 Å². The van der Waals surface area contributed by atoms with Crippen LogP contribution >= 0.6 is 0 Å². The Kier molecular flexibility index (Phi) is 5.19. The second-order valence-corrected chi connectivity index (χ2v) is 7.10. The first kappa shape index (κ1) is 17.0. The van der Waals surface area contributed by atoms with Crippen LogP contribution in [-0.2, 0) is 9.59 Å². The van der Waals surface area contributed by atoms with Gasteiger partial charge in [-0.25, -0.2) is 0 Å². The molecule has 1 aromatic carbocycles. The fourth-order valence-electron chi connectivity index (χ4n) is 4.09. The smallest absolute Gasteiger partial charge is 0.224 e. The van der Waals surface area contributed by atoms with Crippen molar-refractivity contribution in [3.63, 3.8) is 0 Å². The number of para-hydroxylation sites is 1. The molecule has 0 aromatic heterocycles. The summed E-state index contributed by atoms with van der Waals surface area (Å²) >= 11 is 0. The van der Waals surface area contributed by atoms with E-state index in [4.69, 9.17) is 0 Å². The summed E-state index contributed by atoms with van der Waals surface area (Å²) in [7, 11) is 0. The Bertz CT molecular complexity index is 590. The second-order valence-electron chi connectivity index (χ2n) is 7.10. The lowest BCUT2D eigenvalue weighted by Crippen LogP contribution is -2.49. The van der Waals surface area contributed by atoms with Gasteiger partial charge in [0.05, 0.1) is 6.10 Å². The van der Waals surface area contributed by atoms with Crippen LogP contribution in [0.2, 0.25) is 0 Å². The minimum Gasteiger partial charge on any atom is -0.392 e. The molecule has 2 N–H and O–H groups in total. The van der Waals surface area contributed by atoms with Crippen molar-refractivity contribution in [3.05, 3.63) is 30.3 Å². The van der Waals surface area contributed by atoms with E-state index in [-0.39, 0.29) is 36.2 Å². The zero-order valence-electron chi connectivity index (χ0n) is 14.0. The van der Waals surface area contributed by atoms with E-state index in [0.717, 1.165) is 44.3 Å². The fraction of sp³-hybridized carbons (Fsp3) is 0.579. The summed E-state index contributed by atoms with van der Waals surface area (Å²) in [6.45, 7) is 1.39. The molecule has 1 aliphatic carbocycles. The number of likely N-dealkylation sites (tertiary alicyclic amines) is 1. The Balaban J connectivity index is 1.49. The van der Waals surface area contributed by atoms with Crippen molar-refractivity contribution in [1.82, 2.24) is 4.90 Å². The van der Waals surface area contributed by atoms with Gasteiger partial charge in [-0.2, -0.15) is 0 Å². The monoisotopic (exact) mass is 330 g/mol. The number of carbonyl (C=O) groups is 2. The van der Waals surface area contributed by atoms with Crippen molar-refractivity contribution in [2.24, 2.45) is 5.41 Å². The first-order chi connectivity index (χ1) is 11.6. The zero-order chi connectivity index (χ0) is 17.0. The minimum absolute atomic E-state index is 0.0244. The van der Waals surface area contributed by atoms with Crippen molar-refractivity contribution >= 4 is 17.5 Å². The quantitative estimate of drug-likeness (QED) is 0.891. The van der Waals surface area contributed by atoms with Gasteiger partial charge in [-0.1, -0.05) is 24.6 Å². The summed E-state index contributed by atoms with van der Waals surface area (Å²) in [6.07, 6.45) is 4.99. The minimum atomic E-state index is -0.283. The molecule has 2 aliphatic rings. The average Bonchev–Trinajstić information content (AvgIpc) is 2.93. The van der Waals surface area contributed by atoms with E-state index in [1.54, 1.807) is 0 Å². The fourth-order valence-corrected chi connectivity index (χ4v) is 4.09. The predicted molar refractivity (Wildman–Crippen MR) is 92.4 cm³/mol. The normalized spacial score (nSPS) is 26.5. The van der Waals surface area contributed by atoms with Crippen molar-refractivity contribution < 1.29 is 14.7 Å². The van der Waals surface area contributed by atoms with Crippen LogP contribution in [0.4, 0.5) is 5.69 Å². The van der Waals surface area contributed by atoms with Crippen LogP contribution in [0.5, 0.6) is 0 Å². The molecule has 1 saturated carbocycles. The average molecular weight is 330 g/mol. The van der Waals surface area contributed by atoms with Crippen LogP contribution in [0.3, 0.4) is 0 Å². The van der Waals surface area contributed by atoms with Crippen molar-refractivity contribution in [3.8, 4) is 0 Å². The maximum atomic E-state index is 12.5. The van der Waals surface area contributed by atoms with Gasteiger partial charge in [0.25, 0.3) is 0 Å². The van der Waals surface area contributed by atoms with E-state index >= 15 is 0 Å². The number of piperidine rings is 1. The van der Waals surface area contributed by atoms with Gasteiger partial charge < -0.3 is 15.3 Å². The van der Waals surface area contributed by atoms with Crippen LogP contribution in [0.15, 0.2) is 30.3 Å². The predicted octanol–water partition coefficient (Wildman–Crippen LogP) is 2.56. The summed E-state index contributed by atoms with van der Waals surface area (Å²) in [6, 6.07) is 9.27.